The number of amides is 1. The Kier molecular flexibility index (Phi) is 5.99. The highest BCUT2D eigenvalue weighted by molar-refractivity contribution is 7.08. The summed E-state index contributed by atoms with van der Waals surface area (Å²) in [4.78, 5) is 17.3. The highest BCUT2D eigenvalue weighted by Crippen LogP contribution is 2.23. The van der Waals surface area contributed by atoms with Gasteiger partial charge in [-0.15, -0.1) is 15.3 Å². The molecule has 0 bridgehead atoms. The van der Waals surface area contributed by atoms with Gasteiger partial charge in [0.05, 0.1) is 11.4 Å². The fraction of sp³-hybridized carbons (Fsp3) is 0.238. The van der Waals surface area contributed by atoms with E-state index in [-0.39, 0.29) is 5.91 Å². The van der Waals surface area contributed by atoms with Gasteiger partial charge in [0.2, 0.25) is 5.88 Å². The lowest BCUT2D eigenvalue weighted by Gasteiger charge is -2.08. The summed E-state index contributed by atoms with van der Waals surface area (Å²) in [5.41, 5.74) is 3.34. The standard InChI is InChI=1S/C21H21N7O2S/c1-4-5-17-20(31-27-24-17)21(29)23-15-6-8-16(9-7-15)30-19-11-10-18(25-26-19)28-12-22-13(2)14(28)3/h6-12H,4-5H2,1-3H3,(H,23,29). The van der Waals surface area contributed by atoms with Gasteiger partial charge in [-0.05, 0) is 62.1 Å². The molecule has 0 radical (unpaired) electrons. The van der Waals surface area contributed by atoms with Crippen LogP contribution in [0.5, 0.6) is 11.6 Å². The Morgan fingerprint density at radius 1 is 1.10 bits per heavy atom. The van der Waals surface area contributed by atoms with Crippen LogP contribution in [0.3, 0.4) is 0 Å². The third-order valence-corrected chi connectivity index (χ3v) is 5.47. The molecule has 0 saturated heterocycles. The average molecular weight is 436 g/mol. The van der Waals surface area contributed by atoms with Crippen molar-refractivity contribution in [3.8, 4) is 17.4 Å². The predicted octanol–water partition coefficient (Wildman–Crippen LogP) is 4.13. The summed E-state index contributed by atoms with van der Waals surface area (Å²) in [6, 6.07) is 10.6. The molecule has 3 heterocycles. The molecule has 0 saturated carbocycles. The van der Waals surface area contributed by atoms with Crippen molar-refractivity contribution in [2.75, 3.05) is 5.32 Å². The zero-order valence-electron chi connectivity index (χ0n) is 17.4. The van der Waals surface area contributed by atoms with Crippen molar-refractivity contribution in [3.63, 3.8) is 0 Å². The van der Waals surface area contributed by atoms with Crippen molar-refractivity contribution < 1.29 is 9.53 Å². The Hall–Kier alpha value is -3.66. The fourth-order valence-corrected chi connectivity index (χ4v) is 3.53. The number of aromatic nitrogens is 6. The van der Waals surface area contributed by atoms with Crippen molar-refractivity contribution in [2.45, 2.75) is 33.6 Å². The first-order chi connectivity index (χ1) is 15.0. The van der Waals surface area contributed by atoms with Crippen LogP contribution in [0.4, 0.5) is 5.69 Å². The molecular formula is C21H21N7O2S. The Bertz CT molecular complexity index is 1180. The number of aryl methyl sites for hydroxylation is 2. The first-order valence-corrected chi connectivity index (χ1v) is 10.6. The van der Waals surface area contributed by atoms with Crippen LogP contribution in [0, 0.1) is 13.8 Å². The van der Waals surface area contributed by atoms with Gasteiger partial charge in [-0.1, -0.05) is 17.8 Å². The maximum absolute atomic E-state index is 12.5. The summed E-state index contributed by atoms with van der Waals surface area (Å²) < 4.78 is 11.5. The van der Waals surface area contributed by atoms with Gasteiger partial charge in [-0.2, -0.15) is 0 Å². The number of benzene rings is 1. The van der Waals surface area contributed by atoms with Crippen molar-refractivity contribution in [1.29, 1.82) is 0 Å². The van der Waals surface area contributed by atoms with Crippen molar-refractivity contribution in [1.82, 2.24) is 29.3 Å². The van der Waals surface area contributed by atoms with Crippen LogP contribution in [0.15, 0.2) is 42.7 Å². The lowest BCUT2D eigenvalue weighted by atomic mass is 10.2. The Morgan fingerprint density at radius 3 is 2.55 bits per heavy atom. The van der Waals surface area contributed by atoms with Gasteiger partial charge in [0.25, 0.3) is 5.91 Å². The maximum atomic E-state index is 12.5. The Morgan fingerprint density at radius 2 is 1.90 bits per heavy atom. The zero-order chi connectivity index (χ0) is 21.8. The van der Waals surface area contributed by atoms with Crippen LogP contribution in [-0.4, -0.2) is 35.2 Å². The third-order valence-electron chi connectivity index (χ3n) is 4.71. The quantitative estimate of drug-likeness (QED) is 0.465. The minimum Gasteiger partial charge on any atom is -0.438 e. The molecule has 0 aliphatic rings. The lowest BCUT2D eigenvalue weighted by Crippen LogP contribution is -2.12. The van der Waals surface area contributed by atoms with E-state index in [4.69, 9.17) is 4.74 Å². The number of hydrogen-bond acceptors (Lipinski definition) is 8. The minimum absolute atomic E-state index is 0.210. The van der Waals surface area contributed by atoms with Gasteiger partial charge in [0, 0.05) is 17.4 Å². The van der Waals surface area contributed by atoms with E-state index in [0.717, 1.165) is 41.5 Å². The second kappa shape index (κ2) is 9.00. The molecule has 158 valence electrons. The van der Waals surface area contributed by atoms with Crippen LogP contribution in [0.1, 0.15) is 40.1 Å². The molecule has 31 heavy (non-hydrogen) atoms. The van der Waals surface area contributed by atoms with E-state index in [1.54, 1.807) is 36.7 Å². The van der Waals surface area contributed by atoms with E-state index >= 15 is 0 Å². The number of ether oxygens (including phenoxy) is 1. The number of carbonyl (C=O) groups is 1. The fourth-order valence-electron chi connectivity index (χ4n) is 2.92. The number of rotatable bonds is 7. The summed E-state index contributed by atoms with van der Waals surface area (Å²) in [6.07, 6.45) is 3.35. The molecule has 10 heteroatoms. The first-order valence-electron chi connectivity index (χ1n) is 9.80. The molecular weight excluding hydrogens is 414 g/mol. The third kappa shape index (κ3) is 4.58. The van der Waals surface area contributed by atoms with Gasteiger partial charge >= 0.3 is 0 Å². The normalized spacial score (nSPS) is 10.8. The number of carbonyl (C=O) groups excluding carboxylic acids is 1. The monoisotopic (exact) mass is 435 g/mol. The molecule has 0 fully saturated rings. The van der Waals surface area contributed by atoms with E-state index in [1.165, 1.54) is 0 Å². The van der Waals surface area contributed by atoms with E-state index in [0.29, 0.717) is 28.0 Å². The second-order valence-electron chi connectivity index (χ2n) is 6.89. The first kappa shape index (κ1) is 20.6. The summed E-state index contributed by atoms with van der Waals surface area (Å²) >= 11 is 1.10. The van der Waals surface area contributed by atoms with E-state index < -0.39 is 0 Å². The summed E-state index contributed by atoms with van der Waals surface area (Å²) in [5, 5.41) is 15.2. The molecule has 0 spiro atoms. The van der Waals surface area contributed by atoms with Gasteiger partial charge in [-0.3, -0.25) is 9.36 Å². The van der Waals surface area contributed by atoms with Crippen LogP contribution in [0.25, 0.3) is 5.82 Å². The number of nitrogens with zero attached hydrogens (tertiary/aromatic N) is 6. The van der Waals surface area contributed by atoms with Crippen molar-refractivity contribution in [3.05, 3.63) is 64.7 Å². The zero-order valence-corrected chi connectivity index (χ0v) is 18.2. The van der Waals surface area contributed by atoms with E-state index in [2.05, 4.69) is 30.1 Å². The molecule has 9 nitrogen and oxygen atoms in total. The molecule has 1 amide bonds. The molecule has 0 aliphatic heterocycles. The number of nitrogens with one attached hydrogen (secondary N) is 1. The SMILES string of the molecule is CCCc1nnsc1C(=O)Nc1ccc(Oc2ccc(-n3cnc(C)c3C)nn2)cc1. The smallest absolute Gasteiger partial charge is 0.269 e. The largest absolute Gasteiger partial charge is 0.438 e. The molecule has 3 aromatic heterocycles. The second-order valence-corrected chi connectivity index (χ2v) is 7.65. The van der Waals surface area contributed by atoms with Gasteiger partial charge < -0.3 is 10.1 Å². The van der Waals surface area contributed by atoms with Crippen molar-refractivity contribution in [2.24, 2.45) is 0 Å². The summed E-state index contributed by atoms with van der Waals surface area (Å²) in [6.45, 7) is 5.96. The average Bonchev–Trinajstić information content (AvgIpc) is 3.37. The summed E-state index contributed by atoms with van der Waals surface area (Å²) in [7, 11) is 0. The lowest BCUT2D eigenvalue weighted by molar-refractivity contribution is 0.102. The summed E-state index contributed by atoms with van der Waals surface area (Å²) in [5.74, 6) is 1.41. The van der Waals surface area contributed by atoms with Gasteiger partial charge in [-0.25, -0.2) is 4.98 Å². The van der Waals surface area contributed by atoms with Crippen LogP contribution in [0.2, 0.25) is 0 Å². The number of imidazole rings is 1. The minimum atomic E-state index is -0.210. The van der Waals surface area contributed by atoms with E-state index in [1.807, 2.05) is 31.4 Å². The topological polar surface area (TPSA) is 108 Å². The molecule has 0 unspecified atom stereocenters. The van der Waals surface area contributed by atoms with Gasteiger partial charge in [0.1, 0.15) is 17.0 Å². The van der Waals surface area contributed by atoms with E-state index in [9.17, 15) is 4.79 Å². The molecule has 0 atom stereocenters. The maximum Gasteiger partial charge on any atom is 0.269 e. The molecule has 0 aliphatic carbocycles. The molecule has 1 N–H and O–H groups in total. The van der Waals surface area contributed by atoms with Crippen LogP contribution < -0.4 is 10.1 Å². The molecule has 4 rings (SSSR count). The number of anilines is 1. The van der Waals surface area contributed by atoms with Crippen LogP contribution in [-0.2, 0) is 6.42 Å². The molecule has 4 aromatic rings. The van der Waals surface area contributed by atoms with Crippen LogP contribution >= 0.6 is 11.5 Å². The predicted molar refractivity (Wildman–Crippen MR) is 117 cm³/mol. The Labute approximate surface area is 183 Å². The highest BCUT2D eigenvalue weighted by Gasteiger charge is 2.16. The highest BCUT2D eigenvalue weighted by atomic mass is 32.1. The Balaban J connectivity index is 1.40. The van der Waals surface area contributed by atoms with Gasteiger partial charge in [0.15, 0.2) is 5.82 Å². The molecule has 1 aromatic carbocycles. The van der Waals surface area contributed by atoms with Crippen molar-refractivity contribution >= 4 is 23.1 Å². The number of hydrogen-bond donors (Lipinski definition) is 1.